The standard InChI is InChI=1S/C17H16FN5O/c18-13-6-8-14(9-7-13)20-17(24)19-11-10-15-21-16(23-22-15)12-4-2-1-3-5-12/h1-9H,10-11H2,(H2,19,20,24)(H,21,22,23). The highest BCUT2D eigenvalue weighted by molar-refractivity contribution is 5.89. The highest BCUT2D eigenvalue weighted by atomic mass is 19.1. The lowest BCUT2D eigenvalue weighted by molar-refractivity contribution is 0.252. The van der Waals surface area contributed by atoms with Gasteiger partial charge in [0.2, 0.25) is 0 Å². The second kappa shape index (κ2) is 7.36. The molecule has 24 heavy (non-hydrogen) atoms. The van der Waals surface area contributed by atoms with Crippen LogP contribution < -0.4 is 10.6 Å². The Morgan fingerprint density at radius 3 is 2.58 bits per heavy atom. The van der Waals surface area contributed by atoms with Crippen molar-refractivity contribution in [2.45, 2.75) is 6.42 Å². The Kier molecular flexibility index (Phi) is 4.81. The molecule has 0 saturated carbocycles. The molecule has 6 nitrogen and oxygen atoms in total. The summed E-state index contributed by atoms with van der Waals surface area (Å²) in [7, 11) is 0. The second-order valence-corrected chi connectivity index (χ2v) is 5.11. The number of urea groups is 1. The molecule has 0 aliphatic carbocycles. The molecule has 0 aliphatic heterocycles. The number of H-pyrrole nitrogens is 1. The van der Waals surface area contributed by atoms with Crippen molar-refractivity contribution in [3.05, 3.63) is 66.2 Å². The number of benzene rings is 2. The first-order valence-electron chi connectivity index (χ1n) is 7.48. The van der Waals surface area contributed by atoms with Gasteiger partial charge in [-0.3, -0.25) is 5.10 Å². The van der Waals surface area contributed by atoms with E-state index in [1.54, 1.807) is 0 Å². The van der Waals surface area contributed by atoms with Crippen LogP contribution in [0.3, 0.4) is 0 Å². The van der Waals surface area contributed by atoms with Gasteiger partial charge in [0.1, 0.15) is 11.6 Å². The lowest BCUT2D eigenvalue weighted by Crippen LogP contribution is -2.30. The Morgan fingerprint density at radius 1 is 1.08 bits per heavy atom. The fraction of sp³-hybridized carbons (Fsp3) is 0.118. The van der Waals surface area contributed by atoms with E-state index in [4.69, 9.17) is 0 Å². The zero-order chi connectivity index (χ0) is 16.8. The van der Waals surface area contributed by atoms with Crippen molar-refractivity contribution < 1.29 is 9.18 Å². The van der Waals surface area contributed by atoms with Crippen LogP contribution in [-0.4, -0.2) is 27.8 Å². The molecule has 122 valence electrons. The van der Waals surface area contributed by atoms with Crippen molar-refractivity contribution in [2.75, 3.05) is 11.9 Å². The molecule has 0 unspecified atom stereocenters. The summed E-state index contributed by atoms with van der Waals surface area (Å²) in [5.74, 6) is 0.970. The Labute approximate surface area is 138 Å². The van der Waals surface area contributed by atoms with Crippen molar-refractivity contribution in [2.24, 2.45) is 0 Å². The molecule has 2 aromatic carbocycles. The number of aromatic nitrogens is 3. The number of anilines is 1. The molecule has 3 aromatic rings. The van der Waals surface area contributed by atoms with Crippen LogP contribution in [0.25, 0.3) is 11.4 Å². The first-order valence-corrected chi connectivity index (χ1v) is 7.48. The van der Waals surface area contributed by atoms with Crippen molar-refractivity contribution in [3.63, 3.8) is 0 Å². The Hall–Kier alpha value is -3.22. The first kappa shape index (κ1) is 15.7. The highest BCUT2D eigenvalue weighted by Crippen LogP contribution is 2.13. The monoisotopic (exact) mass is 325 g/mol. The molecule has 1 aromatic heterocycles. The van der Waals surface area contributed by atoms with Gasteiger partial charge < -0.3 is 10.6 Å². The summed E-state index contributed by atoms with van der Waals surface area (Å²) < 4.78 is 12.8. The SMILES string of the molecule is O=C(NCCc1nc(-c2ccccc2)n[nH]1)Nc1ccc(F)cc1. The molecule has 1 heterocycles. The zero-order valence-electron chi connectivity index (χ0n) is 12.8. The van der Waals surface area contributed by atoms with Gasteiger partial charge in [-0.05, 0) is 24.3 Å². The number of hydrogen-bond acceptors (Lipinski definition) is 3. The number of rotatable bonds is 5. The van der Waals surface area contributed by atoms with Gasteiger partial charge in [0.25, 0.3) is 0 Å². The number of nitrogens with zero attached hydrogens (tertiary/aromatic N) is 2. The molecule has 0 bridgehead atoms. The second-order valence-electron chi connectivity index (χ2n) is 5.11. The summed E-state index contributed by atoms with van der Waals surface area (Å²) in [5.41, 5.74) is 1.46. The molecule has 3 rings (SSSR count). The van der Waals surface area contributed by atoms with E-state index in [9.17, 15) is 9.18 Å². The fourth-order valence-corrected chi connectivity index (χ4v) is 2.13. The molecule has 0 atom stereocenters. The molecular formula is C17H16FN5O. The quantitative estimate of drug-likeness (QED) is 0.674. The van der Waals surface area contributed by atoms with Gasteiger partial charge in [0.05, 0.1) is 0 Å². The van der Waals surface area contributed by atoms with Crippen LogP contribution in [-0.2, 0) is 6.42 Å². The number of hydrogen-bond donors (Lipinski definition) is 3. The molecule has 0 radical (unpaired) electrons. The van der Waals surface area contributed by atoms with Crippen molar-refractivity contribution in [3.8, 4) is 11.4 Å². The molecule has 0 saturated heterocycles. The van der Waals surface area contributed by atoms with Crippen LogP contribution in [0.4, 0.5) is 14.9 Å². The number of nitrogens with one attached hydrogen (secondary N) is 3. The van der Waals surface area contributed by atoms with E-state index >= 15 is 0 Å². The fourth-order valence-electron chi connectivity index (χ4n) is 2.13. The smallest absolute Gasteiger partial charge is 0.319 e. The van der Waals surface area contributed by atoms with Gasteiger partial charge in [0, 0.05) is 24.2 Å². The average Bonchev–Trinajstić information content (AvgIpc) is 3.07. The summed E-state index contributed by atoms with van der Waals surface area (Å²) >= 11 is 0. The topological polar surface area (TPSA) is 82.7 Å². The zero-order valence-corrected chi connectivity index (χ0v) is 12.8. The van der Waals surface area contributed by atoms with Crippen LogP contribution >= 0.6 is 0 Å². The van der Waals surface area contributed by atoms with Crippen molar-refractivity contribution in [1.82, 2.24) is 20.5 Å². The van der Waals surface area contributed by atoms with E-state index < -0.39 is 0 Å². The van der Waals surface area contributed by atoms with Crippen molar-refractivity contribution in [1.29, 1.82) is 0 Å². The van der Waals surface area contributed by atoms with Gasteiger partial charge in [0.15, 0.2) is 5.82 Å². The number of amides is 2. The van der Waals surface area contributed by atoms with Crippen LogP contribution in [0.2, 0.25) is 0 Å². The Balaban J connectivity index is 1.47. The molecule has 3 N–H and O–H groups in total. The summed E-state index contributed by atoms with van der Waals surface area (Å²) in [6.07, 6.45) is 0.524. The van der Waals surface area contributed by atoms with E-state index in [1.165, 1.54) is 24.3 Å². The molecule has 0 spiro atoms. The number of carbonyl (C=O) groups is 1. The van der Waals surface area contributed by atoms with Crippen LogP contribution in [0, 0.1) is 5.82 Å². The predicted molar refractivity (Wildman–Crippen MR) is 88.9 cm³/mol. The summed E-state index contributed by atoms with van der Waals surface area (Å²) in [6, 6.07) is 14.9. The molecule has 7 heteroatoms. The summed E-state index contributed by atoms with van der Waals surface area (Å²) in [4.78, 5) is 16.1. The minimum atomic E-state index is -0.357. The van der Waals surface area contributed by atoms with Crippen LogP contribution in [0.5, 0.6) is 0 Å². The third-order valence-corrected chi connectivity index (χ3v) is 3.31. The number of carbonyl (C=O) groups excluding carboxylic acids is 1. The van der Waals surface area contributed by atoms with Gasteiger partial charge in [-0.15, -0.1) is 0 Å². The van der Waals surface area contributed by atoms with Crippen LogP contribution in [0.15, 0.2) is 54.6 Å². The third-order valence-electron chi connectivity index (χ3n) is 3.31. The third kappa shape index (κ3) is 4.16. The van der Waals surface area contributed by atoms with Gasteiger partial charge >= 0.3 is 6.03 Å². The van der Waals surface area contributed by atoms with E-state index in [0.29, 0.717) is 30.3 Å². The Bertz CT molecular complexity index is 801. The normalized spacial score (nSPS) is 10.4. The maximum absolute atomic E-state index is 12.8. The maximum Gasteiger partial charge on any atom is 0.319 e. The van der Waals surface area contributed by atoms with E-state index in [2.05, 4.69) is 25.8 Å². The van der Waals surface area contributed by atoms with E-state index in [-0.39, 0.29) is 11.8 Å². The van der Waals surface area contributed by atoms with Gasteiger partial charge in [-0.2, -0.15) is 5.10 Å². The lowest BCUT2D eigenvalue weighted by Gasteiger charge is -2.06. The summed E-state index contributed by atoms with van der Waals surface area (Å²) in [5, 5.41) is 12.4. The van der Waals surface area contributed by atoms with Crippen molar-refractivity contribution >= 4 is 11.7 Å². The molecule has 0 aliphatic rings. The van der Waals surface area contributed by atoms with E-state index in [1.807, 2.05) is 30.3 Å². The lowest BCUT2D eigenvalue weighted by atomic mass is 10.2. The van der Waals surface area contributed by atoms with Crippen LogP contribution in [0.1, 0.15) is 5.82 Å². The predicted octanol–water partition coefficient (Wildman–Crippen LogP) is 2.98. The largest absolute Gasteiger partial charge is 0.337 e. The van der Waals surface area contributed by atoms with Gasteiger partial charge in [-0.1, -0.05) is 30.3 Å². The minimum absolute atomic E-state index is 0.347. The Morgan fingerprint density at radius 2 is 1.83 bits per heavy atom. The maximum atomic E-state index is 12.8. The molecule has 2 amide bonds. The number of halogens is 1. The molecular weight excluding hydrogens is 309 g/mol. The van der Waals surface area contributed by atoms with E-state index in [0.717, 1.165) is 5.56 Å². The average molecular weight is 325 g/mol. The van der Waals surface area contributed by atoms with Gasteiger partial charge in [-0.25, -0.2) is 14.2 Å². The molecule has 0 fully saturated rings. The first-order chi connectivity index (χ1) is 11.7. The number of aromatic amines is 1. The highest BCUT2D eigenvalue weighted by Gasteiger charge is 2.06. The summed E-state index contributed by atoms with van der Waals surface area (Å²) in [6.45, 7) is 0.399. The minimum Gasteiger partial charge on any atom is -0.337 e.